The average molecular weight is 456 g/mol. The number of aliphatic hydroxyl groups excluding tert-OH is 1. The third-order valence-corrected chi connectivity index (χ3v) is 5.34. The second kappa shape index (κ2) is 10.0. The molecule has 0 aromatic heterocycles. The molecule has 1 heterocycles. The van der Waals surface area contributed by atoms with Crippen molar-refractivity contribution in [2.45, 2.75) is 31.7 Å². The van der Waals surface area contributed by atoms with Gasteiger partial charge in [-0.2, -0.15) is 0 Å². The Labute approximate surface area is 187 Å². The second-order valence-electron chi connectivity index (χ2n) is 7.56. The van der Waals surface area contributed by atoms with Crippen molar-refractivity contribution in [2.75, 3.05) is 6.54 Å². The number of carboxylic acids is 1. The van der Waals surface area contributed by atoms with E-state index in [0.29, 0.717) is 19.3 Å². The first-order valence-electron chi connectivity index (χ1n) is 10.2. The van der Waals surface area contributed by atoms with Gasteiger partial charge in [0.2, 0.25) is 0 Å². The molecule has 1 aliphatic rings. The minimum absolute atomic E-state index is 0.0301. The number of ketones is 1. The first kappa shape index (κ1) is 23.6. The molecular weight excluding hydrogens is 435 g/mol. The van der Waals surface area contributed by atoms with Crippen molar-refractivity contribution in [2.24, 2.45) is 0 Å². The van der Waals surface area contributed by atoms with E-state index in [9.17, 15) is 34.0 Å². The molecule has 9 nitrogen and oxygen atoms in total. The lowest BCUT2D eigenvalue weighted by Crippen LogP contribution is -2.30. The highest BCUT2D eigenvalue weighted by Gasteiger charge is 2.46. The number of hydrogen-bond acceptors (Lipinski definition) is 6. The lowest BCUT2D eigenvalue weighted by molar-refractivity contribution is -0.384. The maximum absolute atomic E-state index is 13.3. The zero-order valence-corrected chi connectivity index (χ0v) is 17.4. The Kier molecular flexibility index (Phi) is 7.17. The van der Waals surface area contributed by atoms with Gasteiger partial charge in [-0.1, -0.05) is 18.6 Å². The summed E-state index contributed by atoms with van der Waals surface area (Å²) in [5.74, 6) is -3.85. The minimum Gasteiger partial charge on any atom is -0.507 e. The van der Waals surface area contributed by atoms with E-state index < -0.39 is 40.2 Å². The quantitative estimate of drug-likeness (QED) is 0.146. The van der Waals surface area contributed by atoms with Crippen LogP contribution in [0.4, 0.5) is 10.1 Å². The van der Waals surface area contributed by atoms with Crippen LogP contribution in [0.1, 0.15) is 42.9 Å². The number of halogens is 1. The summed E-state index contributed by atoms with van der Waals surface area (Å²) in [5, 5.41) is 30.9. The topological polar surface area (TPSA) is 138 Å². The molecule has 2 aromatic carbocycles. The number of rotatable bonds is 9. The summed E-state index contributed by atoms with van der Waals surface area (Å²) >= 11 is 0. The van der Waals surface area contributed by atoms with Gasteiger partial charge in [-0.3, -0.25) is 24.5 Å². The number of nitro groups is 1. The van der Waals surface area contributed by atoms with Crippen LogP contribution in [0, 0.1) is 15.9 Å². The number of nitro benzene ring substituents is 1. The minimum atomic E-state index is -1.09. The van der Waals surface area contributed by atoms with Crippen molar-refractivity contribution in [3.8, 4) is 0 Å². The van der Waals surface area contributed by atoms with Crippen LogP contribution < -0.4 is 0 Å². The molecule has 1 amide bonds. The van der Waals surface area contributed by atoms with Crippen molar-refractivity contribution in [1.29, 1.82) is 0 Å². The molecule has 0 aliphatic carbocycles. The highest BCUT2D eigenvalue weighted by molar-refractivity contribution is 6.46. The molecule has 1 fully saturated rings. The lowest BCUT2D eigenvalue weighted by Gasteiger charge is -2.25. The molecule has 1 aliphatic heterocycles. The number of nitrogens with zero attached hydrogens (tertiary/aromatic N) is 2. The standard InChI is InChI=1S/C23H21FN2O7/c24-16-10-8-14(9-11-16)21(29)19-20(15-5-4-6-17(13-15)26(32)33)25(23(31)22(19)30)12-3-1-2-7-18(27)28/h4-6,8-11,13,20,29H,1-3,7,12H2,(H,27,28)/b21-19-. The van der Waals surface area contributed by atoms with Crippen LogP contribution in [-0.4, -0.2) is 44.2 Å². The number of amides is 1. The molecule has 0 radical (unpaired) electrons. The third kappa shape index (κ3) is 5.22. The Bertz CT molecular complexity index is 1130. The van der Waals surface area contributed by atoms with Gasteiger partial charge in [0, 0.05) is 30.7 Å². The van der Waals surface area contributed by atoms with Gasteiger partial charge in [0.25, 0.3) is 17.4 Å². The smallest absolute Gasteiger partial charge is 0.303 e. The van der Waals surface area contributed by atoms with E-state index in [0.717, 1.165) is 12.1 Å². The molecule has 2 aromatic rings. The first-order valence-corrected chi connectivity index (χ1v) is 10.2. The van der Waals surface area contributed by atoms with Crippen LogP contribution in [0.25, 0.3) is 5.76 Å². The van der Waals surface area contributed by atoms with Crippen LogP contribution in [0.15, 0.2) is 54.1 Å². The van der Waals surface area contributed by atoms with Gasteiger partial charge in [0.05, 0.1) is 16.5 Å². The van der Waals surface area contributed by atoms with Gasteiger partial charge in [0.1, 0.15) is 11.6 Å². The van der Waals surface area contributed by atoms with Crippen molar-refractivity contribution in [1.82, 2.24) is 4.90 Å². The summed E-state index contributed by atoms with van der Waals surface area (Å²) in [6.07, 6.45) is 1.23. The zero-order valence-electron chi connectivity index (χ0n) is 17.4. The van der Waals surface area contributed by atoms with Crippen LogP contribution >= 0.6 is 0 Å². The predicted molar refractivity (Wildman–Crippen MR) is 115 cm³/mol. The highest BCUT2D eigenvalue weighted by atomic mass is 19.1. The van der Waals surface area contributed by atoms with Crippen LogP contribution in [0.3, 0.4) is 0 Å². The predicted octanol–water partition coefficient (Wildman–Crippen LogP) is 3.80. The van der Waals surface area contributed by atoms with E-state index >= 15 is 0 Å². The van der Waals surface area contributed by atoms with Gasteiger partial charge in [-0.05, 0) is 42.7 Å². The van der Waals surface area contributed by atoms with E-state index in [1.165, 1.54) is 41.3 Å². The number of Topliss-reactive ketones (excluding diaryl/α,β-unsaturated/α-hetero) is 1. The molecule has 0 saturated carbocycles. The van der Waals surface area contributed by atoms with Crippen molar-refractivity contribution >= 4 is 29.1 Å². The maximum atomic E-state index is 13.3. The van der Waals surface area contributed by atoms with E-state index in [-0.39, 0.29) is 35.4 Å². The van der Waals surface area contributed by atoms with Crippen molar-refractivity contribution < 1.29 is 33.9 Å². The molecule has 0 spiro atoms. The summed E-state index contributed by atoms with van der Waals surface area (Å²) in [6.45, 7) is 0.0811. The van der Waals surface area contributed by atoms with E-state index in [1.807, 2.05) is 0 Å². The summed E-state index contributed by atoms with van der Waals surface area (Å²) in [4.78, 5) is 48.3. The molecule has 1 saturated heterocycles. The number of carboxylic acid groups (broad SMARTS) is 1. The number of likely N-dealkylation sites (tertiary alicyclic amines) is 1. The van der Waals surface area contributed by atoms with Gasteiger partial charge < -0.3 is 15.1 Å². The molecule has 172 valence electrons. The van der Waals surface area contributed by atoms with Gasteiger partial charge >= 0.3 is 5.97 Å². The Morgan fingerprint density at radius 2 is 1.76 bits per heavy atom. The fraction of sp³-hybridized carbons (Fsp3) is 0.261. The molecule has 3 rings (SSSR count). The number of hydrogen-bond donors (Lipinski definition) is 2. The third-order valence-electron chi connectivity index (χ3n) is 5.34. The number of carbonyl (C=O) groups is 3. The number of aliphatic carboxylic acids is 1. The maximum Gasteiger partial charge on any atom is 0.303 e. The Balaban J connectivity index is 2.02. The lowest BCUT2D eigenvalue weighted by atomic mass is 9.95. The Hall–Kier alpha value is -4.08. The van der Waals surface area contributed by atoms with E-state index in [1.54, 1.807) is 0 Å². The van der Waals surface area contributed by atoms with E-state index in [2.05, 4.69) is 0 Å². The molecule has 1 atom stereocenters. The highest BCUT2D eigenvalue weighted by Crippen LogP contribution is 2.40. The zero-order chi connectivity index (χ0) is 24.1. The largest absolute Gasteiger partial charge is 0.507 e. The monoisotopic (exact) mass is 456 g/mol. The number of benzene rings is 2. The molecule has 10 heteroatoms. The Morgan fingerprint density at radius 1 is 1.06 bits per heavy atom. The SMILES string of the molecule is O=C(O)CCCCCN1C(=O)C(=O)/C(=C(\O)c2ccc(F)cc2)C1c1cccc([N+](=O)[O-])c1. The van der Waals surface area contributed by atoms with Gasteiger partial charge in [-0.15, -0.1) is 0 Å². The van der Waals surface area contributed by atoms with Crippen LogP contribution in [-0.2, 0) is 14.4 Å². The molecular formula is C23H21FN2O7. The van der Waals surface area contributed by atoms with Crippen LogP contribution in [0.5, 0.6) is 0 Å². The molecule has 33 heavy (non-hydrogen) atoms. The van der Waals surface area contributed by atoms with Gasteiger partial charge in [0.15, 0.2) is 0 Å². The summed E-state index contributed by atoms with van der Waals surface area (Å²) in [7, 11) is 0. The fourth-order valence-corrected chi connectivity index (χ4v) is 3.76. The number of unbranched alkanes of at least 4 members (excludes halogenated alkanes) is 2. The number of aliphatic hydroxyl groups is 1. The van der Waals surface area contributed by atoms with E-state index in [4.69, 9.17) is 5.11 Å². The molecule has 2 N–H and O–H groups in total. The summed E-state index contributed by atoms with van der Waals surface area (Å²) in [6, 6.07) is 9.04. The Morgan fingerprint density at radius 3 is 2.39 bits per heavy atom. The number of non-ortho nitro benzene ring substituents is 1. The normalized spacial score (nSPS) is 17.4. The molecule has 0 bridgehead atoms. The first-order chi connectivity index (χ1) is 15.7. The summed E-state index contributed by atoms with van der Waals surface area (Å²) in [5.41, 5.74) is -0.122. The van der Waals surface area contributed by atoms with Crippen molar-refractivity contribution in [3.05, 3.63) is 81.2 Å². The van der Waals surface area contributed by atoms with Crippen LogP contribution in [0.2, 0.25) is 0 Å². The fourth-order valence-electron chi connectivity index (χ4n) is 3.76. The number of carbonyl (C=O) groups excluding carboxylic acids is 2. The van der Waals surface area contributed by atoms with Crippen molar-refractivity contribution in [3.63, 3.8) is 0 Å². The second-order valence-corrected chi connectivity index (χ2v) is 7.56. The summed E-state index contributed by atoms with van der Waals surface area (Å²) < 4.78 is 13.3. The average Bonchev–Trinajstić information content (AvgIpc) is 3.03. The molecule has 1 unspecified atom stereocenters. The van der Waals surface area contributed by atoms with Gasteiger partial charge in [-0.25, -0.2) is 4.39 Å².